The number of hydrogen-bond acceptors (Lipinski definition) is 6. The lowest BCUT2D eigenvalue weighted by Gasteiger charge is -2.13. The summed E-state index contributed by atoms with van der Waals surface area (Å²) in [5.41, 5.74) is 1.87. The molecule has 2 aromatic carbocycles. The molecule has 2 amide bonds. The predicted molar refractivity (Wildman–Crippen MR) is 134 cm³/mol. The van der Waals surface area contributed by atoms with Gasteiger partial charge in [-0.1, -0.05) is 12.1 Å². The van der Waals surface area contributed by atoms with E-state index in [-0.39, 0.29) is 22.8 Å². The Morgan fingerprint density at radius 2 is 1.70 bits per heavy atom. The molecule has 190 valence electrons. The van der Waals surface area contributed by atoms with E-state index in [1.807, 2.05) is 0 Å². The van der Waals surface area contributed by atoms with E-state index in [4.69, 9.17) is 5.41 Å². The van der Waals surface area contributed by atoms with Gasteiger partial charge in [-0.3, -0.25) is 9.59 Å². The third kappa shape index (κ3) is 6.63. The fraction of sp³-hybridized carbons (Fsp3) is 0.231. The SMILES string of the molecule is Cc1ccc(NC(=O)c2cccc(C(F)(F)F)c2)cc1C(=O)Nc1cnc(N=C2CCCC(=N)C2)nc1. The van der Waals surface area contributed by atoms with Gasteiger partial charge >= 0.3 is 6.18 Å². The summed E-state index contributed by atoms with van der Waals surface area (Å²) in [6.07, 6.45) is 1.25. The van der Waals surface area contributed by atoms with Gasteiger partial charge in [0.05, 0.1) is 23.6 Å². The summed E-state index contributed by atoms with van der Waals surface area (Å²) in [6, 6.07) is 8.70. The molecule has 1 heterocycles. The lowest BCUT2D eigenvalue weighted by Crippen LogP contribution is -2.16. The molecule has 1 saturated carbocycles. The number of nitrogens with one attached hydrogen (secondary N) is 3. The summed E-state index contributed by atoms with van der Waals surface area (Å²) in [5, 5.41) is 13.0. The molecule has 8 nitrogen and oxygen atoms in total. The number of halogens is 3. The quantitative estimate of drug-likeness (QED) is 0.393. The van der Waals surface area contributed by atoms with Crippen LogP contribution in [0.1, 0.15) is 57.5 Å². The standard InChI is InChI=1S/C26H23F3N6O2/c1-15-8-9-20(33-23(36)16-4-2-5-17(10-16)26(27,28)29)12-22(15)24(37)34-21-13-31-25(32-14-21)35-19-7-3-6-18(30)11-19/h2,4-5,8-10,12-14,30H,3,6-7,11H2,1H3,(H,33,36)(H,34,37). The third-order valence-corrected chi connectivity index (χ3v) is 5.71. The van der Waals surface area contributed by atoms with E-state index in [1.165, 1.54) is 24.5 Å². The minimum atomic E-state index is -4.57. The number of carbonyl (C=O) groups excluding carboxylic acids is 2. The Labute approximate surface area is 210 Å². The summed E-state index contributed by atoms with van der Waals surface area (Å²) in [6.45, 7) is 1.71. The second-order valence-electron chi connectivity index (χ2n) is 8.60. The average molecular weight is 509 g/mol. The van der Waals surface area contributed by atoms with Crippen molar-refractivity contribution in [3.8, 4) is 0 Å². The molecule has 0 unspecified atom stereocenters. The van der Waals surface area contributed by atoms with Gasteiger partial charge in [0, 0.05) is 34.7 Å². The summed E-state index contributed by atoms with van der Waals surface area (Å²) in [7, 11) is 0. The van der Waals surface area contributed by atoms with Crippen molar-refractivity contribution in [2.75, 3.05) is 10.6 Å². The van der Waals surface area contributed by atoms with Crippen molar-refractivity contribution in [3.05, 3.63) is 77.1 Å². The van der Waals surface area contributed by atoms with Crippen molar-refractivity contribution >= 4 is 40.6 Å². The fourth-order valence-electron chi connectivity index (χ4n) is 3.79. The molecule has 3 N–H and O–H groups in total. The van der Waals surface area contributed by atoms with Crippen LogP contribution in [0.4, 0.5) is 30.5 Å². The second kappa shape index (κ2) is 10.7. The van der Waals surface area contributed by atoms with E-state index < -0.39 is 23.6 Å². The van der Waals surface area contributed by atoms with Crippen molar-refractivity contribution in [2.45, 2.75) is 38.8 Å². The minimum Gasteiger partial charge on any atom is -0.322 e. The number of aliphatic imine (C=N–C) groups is 1. The summed E-state index contributed by atoms with van der Waals surface area (Å²) in [4.78, 5) is 38.1. The maximum atomic E-state index is 13.0. The topological polar surface area (TPSA) is 120 Å². The van der Waals surface area contributed by atoms with Gasteiger partial charge in [0.15, 0.2) is 0 Å². The highest BCUT2D eigenvalue weighted by atomic mass is 19.4. The van der Waals surface area contributed by atoms with E-state index in [2.05, 4.69) is 25.6 Å². The third-order valence-electron chi connectivity index (χ3n) is 5.71. The molecule has 1 fully saturated rings. The Balaban J connectivity index is 1.44. The first kappa shape index (κ1) is 25.7. The first-order valence-electron chi connectivity index (χ1n) is 11.4. The summed E-state index contributed by atoms with van der Waals surface area (Å²) in [5.74, 6) is -0.964. The molecule has 11 heteroatoms. The molecule has 0 aliphatic heterocycles. The average Bonchev–Trinajstić information content (AvgIpc) is 2.86. The molecular formula is C26H23F3N6O2. The highest BCUT2D eigenvalue weighted by molar-refractivity contribution is 6.08. The molecule has 1 aliphatic carbocycles. The second-order valence-corrected chi connectivity index (χ2v) is 8.60. The predicted octanol–water partition coefficient (Wildman–Crippen LogP) is 5.97. The molecule has 4 rings (SSSR count). The zero-order valence-corrected chi connectivity index (χ0v) is 19.8. The lowest BCUT2D eigenvalue weighted by molar-refractivity contribution is -0.137. The van der Waals surface area contributed by atoms with Gasteiger partial charge in [0.25, 0.3) is 11.8 Å². The maximum absolute atomic E-state index is 13.0. The largest absolute Gasteiger partial charge is 0.416 e. The van der Waals surface area contributed by atoms with Crippen LogP contribution in [0.2, 0.25) is 0 Å². The van der Waals surface area contributed by atoms with Crippen molar-refractivity contribution in [2.24, 2.45) is 4.99 Å². The van der Waals surface area contributed by atoms with Crippen LogP contribution >= 0.6 is 0 Å². The first-order chi connectivity index (χ1) is 17.6. The van der Waals surface area contributed by atoms with Crippen LogP contribution in [0, 0.1) is 12.3 Å². The fourth-order valence-corrected chi connectivity index (χ4v) is 3.79. The lowest BCUT2D eigenvalue weighted by atomic mass is 9.97. The van der Waals surface area contributed by atoms with Gasteiger partial charge in [0.2, 0.25) is 5.95 Å². The molecular weight excluding hydrogens is 485 g/mol. The number of carbonyl (C=O) groups is 2. The Hall–Kier alpha value is -4.41. The molecule has 1 aliphatic rings. The number of benzene rings is 2. The Kier molecular flexibility index (Phi) is 7.42. The van der Waals surface area contributed by atoms with Crippen LogP contribution in [-0.2, 0) is 6.18 Å². The van der Waals surface area contributed by atoms with Gasteiger partial charge in [-0.15, -0.1) is 0 Å². The van der Waals surface area contributed by atoms with E-state index >= 15 is 0 Å². The minimum absolute atomic E-state index is 0.160. The maximum Gasteiger partial charge on any atom is 0.416 e. The molecule has 0 bridgehead atoms. The monoisotopic (exact) mass is 508 g/mol. The van der Waals surface area contributed by atoms with E-state index in [1.54, 1.807) is 19.1 Å². The van der Waals surface area contributed by atoms with Crippen molar-refractivity contribution in [1.82, 2.24) is 9.97 Å². The van der Waals surface area contributed by atoms with Crippen LogP contribution < -0.4 is 10.6 Å². The van der Waals surface area contributed by atoms with Crippen LogP contribution in [0.3, 0.4) is 0 Å². The van der Waals surface area contributed by atoms with Gasteiger partial charge < -0.3 is 16.0 Å². The molecule has 37 heavy (non-hydrogen) atoms. The van der Waals surface area contributed by atoms with Crippen molar-refractivity contribution in [3.63, 3.8) is 0 Å². The van der Waals surface area contributed by atoms with Crippen LogP contribution in [-0.4, -0.2) is 33.2 Å². The molecule has 3 aromatic rings. The smallest absolute Gasteiger partial charge is 0.322 e. The number of hydrogen-bond donors (Lipinski definition) is 3. The number of alkyl halides is 3. The molecule has 0 atom stereocenters. The van der Waals surface area contributed by atoms with Gasteiger partial charge in [0.1, 0.15) is 0 Å². The van der Waals surface area contributed by atoms with Crippen molar-refractivity contribution in [1.29, 1.82) is 5.41 Å². The van der Waals surface area contributed by atoms with E-state index in [9.17, 15) is 22.8 Å². The van der Waals surface area contributed by atoms with Crippen molar-refractivity contribution < 1.29 is 22.8 Å². The normalized spacial score (nSPS) is 14.9. The van der Waals surface area contributed by atoms with Crippen LogP contribution in [0.5, 0.6) is 0 Å². The molecule has 0 radical (unpaired) electrons. The molecule has 0 spiro atoms. The number of nitrogens with zero attached hydrogens (tertiary/aromatic N) is 3. The number of anilines is 2. The Bertz CT molecular complexity index is 1380. The first-order valence-corrected chi connectivity index (χ1v) is 11.4. The van der Waals surface area contributed by atoms with Gasteiger partial charge in [-0.2, -0.15) is 13.2 Å². The Morgan fingerprint density at radius 1 is 0.973 bits per heavy atom. The highest BCUT2D eigenvalue weighted by Crippen LogP contribution is 2.30. The highest BCUT2D eigenvalue weighted by Gasteiger charge is 2.31. The number of rotatable bonds is 5. The Morgan fingerprint density at radius 3 is 2.41 bits per heavy atom. The number of aryl methyl sites for hydroxylation is 1. The van der Waals surface area contributed by atoms with Crippen LogP contribution in [0.15, 0.2) is 59.9 Å². The molecule has 0 saturated heterocycles. The number of aromatic nitrogens is 2. The zero-order chi connectivity index (χ0) is 26.6. The van der Waals surface area contributed by atoms with Gasteiger partial charge in [-0.05, 0) is 62.1 Å². The molecule has 1 aromatic heterocycles. The van der Waals surface area contributed by atoms with Gasteiger partial charge in [-0.25, -0.2) is 15.0 Å². The van der Waals surface area contributed by atoms with E-state index in [0.717, 1.165) is 43.2 Å². The van der Waals surface area contributed by atoms with Crippen LogP contribution in [0.25, 0.3) is 0 Å². The van der Waals surface area contributed by atoms with E-state index in [0.29, 0.717) is 23.4 Å². The summed E-state index contributed by atoms with van der Waals surface area (Å²) >= 11 is 0. The number of amides is 2. The zero-order valence-electron chi connectivity index (χ0n) is 19.8. The summed E-state index contributed by atoms with van der Waals surface area (Å²) < 4.78 is 38.9.